The van der Waals surface area contributed by atoms with Crippen molar-refractivity contribution in [1.82, 2.24) is 0 Å². The van der Waals surface area contributed by atoms with Crippen LogP contribution in [0.4, 0.5) is 0 Å². The van der Waals surface area contributed by atoms with Crippen LogP contribution in [0.2, 0.25) is 0 Å². The molecule has 1 aromatic carbocycles. The van der Waals surface area contributed by atoms with Gasteiger partial charge < -0.3 is 14.6 Å². The van der Waals surface area contributed by atoms with Gasteiger partial charge in [0.1, 0.15) is 0 Å². The van der Waals surface area contributed by atoms with Crippen LogP contribution in [0, 0.1) is 0 Å². The van der Waals surface area contributed by atoms with Gasteiger partial charge in [0.15, 0.2) is 11.5 Å². The number of hydrogen-bond donors (Lipinski definition) is 1. The van der Waals surface area contributed by atoms with Gasteiger partial charge in [0.05, 0.1) is 6.10 Å². The van der Waals surface area contributed by atoms with E-state index in [1.807, 2.05) is 30.4 Å². The Hall–Kier alpha value is -2.00. The van der Waals surface area contributed by atoms with Gasteiger partial charge in [0.2, 0.25) is 6.79 Å². The van der Waals surface area contributed by atoms with Crippen LogP contribution < -0.4 is 9.47 Å². The van der Waals surface area contributed by atoms with Crippen molar-refractivity contribution in [3.05, 3.63) is 59.7 Å². The van der Waals surface area contributed by atoms with E-state index in [9.17, 15) is 5.11 Å². The second-order valence-electron chi connectivity index (χ2n) is 5.66. The van der Waals surface area contributed by atoms with Crippen LogP contribution in [0.1, 0.15) is 43.8 Å². The van der Waals surface area contributed by atoms with Crippen LogP contribution in [-0.4, -0.2) is 11.9 Å². The van der Waals surface area contributed by atoms with Gasteiger partial charge in [-0.25, -0.2) is 0 Å². The van der Waals surface area contributed by atoms with E-state index in [4.69, 9.17) is 9.47 Å². The quantitative estimate of drug-likeness (QED) is 0.896. The van der Waals surface area contributed by atoms with Crippen molar-refractivity contribution >= 4 is 0 Å². The summed E-state index contributed by atoms with van der Waals surface area (Å²) in [6.07, 6.45) is 15.8. The fraction of sp³-hybridized carbons (Fsp3) is 0.368. The summed E-state index contributed by atoms with van der Waals surface area (Å²) < 4.78 is 10.6. The topological polar surface area (TPSA) is 38.7 Å². The van der Waals surface area contributed by atoms with Crippen molar-refractivity contribution in [1.29, 1.82) is 0 Å². The maximum atomic E-state index is 10.3. The maximum Gasteiger partial charge on any atom is 0.231 e. The van der Waals surface area contributed by atoms with Gasteiger partial charge in [0, 0.05) is 0 Å². The molecule has 0 saturated heterocycles. The van der Waals surface area contributed by atoms with Crippen molar-refractivity contribution in [3.63, 3.8) is 0 Å². The normalized spacial score (nSPS) is 23.2. The van der Waals surface area contributed by atoms with E-state index in [0.29, 0.717) is 5.75 Å². The highest BCUT2D eigenvalue weighted by atomic mass is 16.7. The number of rotatable bonds is 3. The third-order valence-corrected chi connectivity index (χ3v) is 3.97. The first-order chi connectivity index (χ1) is 10.8. The molecule has 1 unspecified atom stereocenters. The Morgan fingerprint density at radius 1 is 1.05 bits per heavy atom. The van der Waals surface area contributed by atoms with Crippen LogP contribution in [0.3, 0.4) is 0 Å². The highest BCUT2D eigenvalue weighted by Crippen LogP contribution is 2.34. The SMILES string of the molecule is OC(/C=C/C1=C/CCCCC/C=C\1)c1ccc2c(c1)OCO2. The molecule has 0 aromatic heterocycles. The number of fused-ring (bicyclic) bond motifs is 1. The van der Waals surface area contributed by atoms with Crippen LogP contribution in [0.5, 0.6) is 11.5 Å². The fourth-order valence-corrected chi connectivity index (χ4v) is 2.67. The zero-order valence-corrected chi connectivity index (χ0v) is 12.7. The Morgan fingerprint density at radius 3 is 2.86 bits per heavy atom. The number of aliphatic hydroxyl groups excluding tert-OH is 1. The second kappa shape index (κ2) is 7.32. The standard InChI is InChI=1S/C19H22O3/c20-17(16-10-12-18-19(13-16)22-14-21-18)11-9-15-7-5-3-1-2-4-6-8-15/h5,7-13,17,20H,1-4,6,14H2/b7-5-,11-9+,15-8+. The summed E-state index contributed by atoms with van der Waals surface area (Å²) >= 11 is 0. The van der Waals surface area contributed by atoms with Crippen LogP contribution >= 0.6 is 0 Å². The molecule has 1 aliphatic carbocycles. The minimum absolute atomic E-state index is 0.252. The molecule has 1 heterocycles. The fourth-order valence-electron chi connectivity index (χ4n) is 2.67. The van der Waals surface area contributed by atoms with Gasteiger partial charge in [-0.1, -0.05) is 42.9 Å². The smallest absolute Gasteiger partial charge is 0.231 e. The zero-order valence-electron chi connectivity index (χ0n) is 12.7. The minimum Gasteiger partial charge on any atom is -0.454 e. The Bertz CT molecular complexity index is 599. The molecule has 0 fully saturated rings. The lowest BCUT2D eigenvalue weighted by Gasteiger charge is -2.07. The van der Waals surface area contributed by atoms with Crippen molar-refractivity contribution in [2.45, 2.75) is 38.2 Å². The maximum absolute atomic E-state index is 10.3. The Balaban J connectivity index is 1.69. The van der Waals surface area contributed by atoms with E-state index in [2.05, 4.69) is 18.2 Å². The summed E-state index contributed by atoms with van der Waals surface area (Å²) in [5.74, 6) is 1.44. The summed E-state index contributed by atoms with van der Waals surface area (Å²) in [6.45, 7) is 0.252. The first-order valence-corrected chi connectivity index (χ1v) is 7.95. The Kier molecular flexibility index (Phi) is 4.96. The molecule has 2 aliphatic rings. The molecule has 1 atom stereocenters. The monoisotopic (exact) mass is 298 g/mol. The lowest BCUT2D eigenvalue weighted by Crippen LogP contribution is -1.94. The van der Waals surface area contributed by atoms with E-state index >= 15 is 0 Å². The first kappa shape index (κ1) is 14.9. The van der Waals surface area contributed by atoms with Crippen molar-refractivity contribution in [2.24, 2.45) is 0 Å². The van der Waals surface area contributed by atoms with Crippen LogP contribution in [0.25, 0.3) is 0 Å². The zero-order chi connectivity index (χ0) is 15.2. The van der Waals surface area contributed by atoms with Gasteiger partial charge in [-0.2, -0.15) is 0 Å². The van der Waals surface area contributed by atoms with Crippen molar-refractivity contribution in [2.75, 3.05) is 6.79 Å². The molecule has 3 heteroatoms. The summed E-state index contributed by atoms with van der Waals surface area (Å²) in [4.78, 5) is 0. The van der Waals surface area contributed by atoms with Gasteiger partial charge >= 0.3 is 0 Å². The molecule has 0 saturated carbocycles. The summed E-state index contributed by atoms with van der Waals surface area (Å²) in [6, 6.07) is 5.55. The highest BCUT2D eigenvalue weighted by Gasteiger charge is 2.15. The molecule has 0 bridgehead atoms. The highest BCUT2D eigenvalue weighted by molar-refractivity contribution is 5.46. The lowest BCUT2D eigenvalue weighted by molar-refractivity contribution is 0.173. The average Bonchev–Trinajstić information content (AvgIpc) is 3.04. The van der Waals surface area contributed by atoms with Crippen LogP contribution in [0.15, 0.2) is 54.2 Å². The van der Waals surface area contributed by atoms with Crippen LogP contribution in [-0.2, 0) is 0 Å². The molecule has 0 radical (unpaired) electrons. The molecule has 1 aromatic rings. The summed E-state index contributed by atoms with van der Waals surface area (Å²) in [5, 5.41) is 10.3. The van der Waals surface area contributed by atoms with E-state index < -0.39 is 6.10 Å². The molecular weight excluding hydrogens is 276 g/mol. The molecule has 1 aliphatic heterocycles. The van der Waals surface area contributed by atoms with Gasteiger partial charge in [-0.15, -0.1) is 0 Å². The number of aliphatic hydroxyl groups is 1. The van der Waals surface area contributed by atoms with E-state index in [1.54, 1.807) is 0 Å². The number of allylic oxidation sites excluding steroid dienone is 5. The third kappa shape index (κ3) is 3.80. The molecule has 3 nitrogen and oxygen atoms in total. The Morgan fingerprint density at radius 2 is 1.91 bits per heavy atom. The summed E-state index contributed by atoms with van der Waals surface area (Å²) in [5.41, 5.74) is 1.98. The molecule has 116 valence electrons. The molecule has 22 heavy (non-hydrogen) atoms. The van der Waals surface area contributed by atoms with Gasteiger partial charge in [-0.05, 0) is 49.0 Å². The van der Waals surface area contributed by atoms with Crippen molar-refractivity contribution < 1.29 is 14.6 Å². The first-order valence-electron chi connectivity index (χ1n) is 7.95. The predicted molar refractivity (Wildman–Crippen MR) is 87.0 cm³/mol. The van der Waals surface area contributed by atoms with E-state index in [-0.39, 0.29) is 6.79 Å². The second-order valence-corrected chi connectivity index (χ2v) is 5.66. The number of hydrogen-bond acceptors (Lipinski definition) is 3. The van der Waals surface area contributed by atoms with E-state index in [0.717, 1.165) is 24.2 Å². The average molecular weight is 298 g/mol. The minimum atomic E-state index is -0.642. The Labute approximate surface area is 131 Å². The molecular formula is C19H22O3. The largest absolute Gasteiger partial charge is 0.454 e. The van der Waals surface area contributed by atoms with Crippen molar-refractivity contribution in [3.8, 4) is 11.5 Å². The van der Waals surface area contributed by atoms with Gasteiger partial charge in [0.25, 0.3) is 0 Å². The third-order valence-electron chi connectivity index (χ3n) is 3.97. The predicted octanol–water partition coefficient (Wildman–Crippen LogP) is 4.45. The lowest BCUT2D eigenvalue weighted by atomic mass is 10.1. The summed E-state index contributed by atoms with van der Waals surface area (Å²) in [7, 11) is 0. The number of benzene rings is 1. The van der Waals surface area contributed by atoms with E-state index in [1.165, 1.54) is 24.8 Å². The van der Waals surface area contributed by atoms with Gasteiger partial charge in [-0.3, -0.25) is 0 Å². The molecule has 0 spiro atoms. The molecule has 1 N–H and O–H groups in total. The molecule has 3 rings (SSSR count). The number of ether oxygens (including phenoxy) is 2. The molecule has 0 amide bonds.